The summed E-state index contributed by atoms with van der Waals surface area (Å²) >= 11 is 0. The fourth-order valence-electron chi connectivity index (χ4n) is 1.85. The first-order valence-corrected chi connectivity index (χ1v) is 9.41. The third-order valence-corrected chi connectivity index (χ3v) is 3.93. The van der Waals surface area contributed by atoms with Gasteiger partial charge in [0, 0.05) is 8.07 Å². The van der Waals surface area contributed by atoms with Gasteiger partial charge in [-0.3, -0.25) is 0 Å². The van der Waals surface area contributed by atoms with Crippen molar-refractivity contribution in [3.63, 3.8) is 0 Å². The van der Waals surface area contributed by atoms with Gasteiger partial charge in [0.2, 0.25) is 5.75 Å². The summed E-state index contributed by atoms with van der Waals surface area (Å²) in [5.41, 5.74) is 1.25. The average Bonchev–Trinajstić information content (AvgIpc) is 2.25. The van der Waals surface area contributed by atoms with Crippen LogP contribution in [0.5, 0.6) is 17.2 Å². The number of methoxy groups -OCH3 is 3. The van der Waals surface area contributed by atoms with Gasteiger partial charge in [-0.1, -0.05) is 19.6 Å². The summed E-state index contributed by atoms with van der Waals surface area (Å²) in [4.78, 5) is 0. The minimum atomic E-state index is -1.15. The van der Waals surface area contributed by atoms with E-state index in [2.05, 4.69) is 19.6 Å². The van der Waals surface area contributed by atoms with E-state index in [1.165, 1.54) is 5.56 Å². The summed E-state index contributed by atoms with van der Waals surface area (Å²) in [5.74, 6) is 2.13. The molecule has 0 atom stereocenters. The van der Waals surface area contributed by atoms with Gasteiger partial charge >= 0.3 is 0 Å². The molecule has 0 spiro atoms. The van der Waals surface area contributed by atoms with Crippen molar-refractivity contribution in [2.45, 2.75) is 25.7 Å². The Kier molecular flexibility index (Phi) is 4.45. The number of hydrogen-bond acceptors (Lipinski definition) is 3. The van der Waals surface area contributed by atoms with Crippen molar-refractivity contribution in [2.75, 3.05) is 21.3 Å². The first-order chi connectivity index (χ1) is 7.91. The van der Waals surface area contributed by atoms with E-state index in [9.17, 15) is 0 Å². The Bertz CT molecular complexity index is 358. The quantitative estimate of drug-likeness (QED) is 0.756. The van der Waals surface area contributed by atoms with Crippen molar-refractivity contribution in [3.05, 3.63) is 17.7 Å². The number of ether oxygens (including phenoxy) is 3. The second-order valence-corrected chi connectivity index (χ2v) is 10.7. The molecule has 0 saturated heterocycles. The van der Waals surface area contributed by atoms with Gasteiger partial charge in [0.05, 0.1) is 21.3 Å². The SMILES string of the molecule is COc1cc(C[Si](C)(C)C)cc(OC)c1OC. The Hall–Kier alpha value is -1.16. The molecule has 0 aliphatic carbocycles. The molecule has 1 rings (SSSR count). The minimum absolute atomic E-state index is 0.661. The minimum Gasteiger partial charge on any atom is -0.493 e. The number of benzene rings is 1. The zero-order valence-electron chi connectivity index (χ0n) is 11.6. The van der Waals surface area contributed by atoms with Gasteiger partial charge in [0.1, 0.15) is 0 Å². The second-order valence-electron chi connectivity index (χ2n) is 5.27. The Morgan fingerprint density at radius 2 is 1.35 bits per heavy atom. The summed E-state index contributed by atoms with van der Waals surface area (Å²) in [6.07, 6.45) is 0. The van der Waals surface area contributed by atoms with Crippen LogP contribution < -0.4 is 14.2 Å². The van der Waals surface area contributed by atoms with Gasteiger partial charge in [-0.05, 0) is 23.7 Å². The van der Waals surface area contributed by atoms with E-state index >= 15 is 0 Å². The molecule has 0 radical (unpaired) electrons. The highest BCUT2D eigenvalue weighted by Crippen LogP contribution is 2.38. The predicted octanol–water partition coefficient (Wildman–Crippen LogP) is 3.13. The lowest BCUT2D eigenvalue weighted by atomic mass is 10.2. The lowest BCUT2D eigenvalue weighted by Gasteiger charge is -2.19. The van der Waals surface area contributed by atoms with Crippen molar-refractivity contribution in [1.82, 2.24) is 0 Å². The Balaban J connectivity index is 3.18. The summed E-state index contributed by atoms with van der Waals surface area (Å²) in [6, 6.07) is 5.18. The molecule has 0 aliphatic rings. The molecule has 17 heavy (non-hydrogen) atoms. The molecular formula is C13H22O3Si. The standard InChI is InChI=1S/C13H22O3Si/c1-14-11-7-10(9-17(4,5)6)8-12(15-2)13(11)16-3/h7-8H,9H2,1-6H3. The maximum absolute atomic E-state index is 5.34. The predicted molar refractivity (Wildman–Crippen MR) is 73.1 cm³/mol. The highest BCUT2D eigenvalue weighted by molar-refractivity contribution is 6.75. The molecular weight excluding hydrogens is 232 g/mol. The normalized spacial score (nSPS) is 11.2. The maximum Gasteiger partial charge on any atom is 0.203 e. The monoisotopic (exact) mass is 254 g/mol. The van der Waals surface area contributed by atoms with E-state index < -0.39 is 8.07 Å². The van der Waals surface area contributed by atoms with E-state index in [0.717, 1.165) is 17.5 Å². The van der Waals surface area contributed by atoms with Crippen molar-refractivity contribution >= 4 is 8.07 Å². The van der Waals surface area contributed by atoms with Gasteiger partial charge < -0.3 is 14.2 Å². The smallest absolute Gasteiger partial charge is 0.203 e. The summed E-state index contributed by atoms with van der Waals surface area (Å²) in [5, 5.41) is 0. The van der Waals surface area contributed by atoms with Crippen LogP contribution in [0.25, 0.3) is 0 Å². The first kappa shape index (κ1) is 13.9. The first-order valence-electron chi connectivity index (χ1n) is 5.70. The van der Waals surface area contributed by atoms with Crippen molar-refractivity contribution < 1.29 is 14.2 Å². The van der Waals surface area contributed by atoms with Gasteiger partial charge in [-0.2, -0.15) is 0 Å². The van der Waals surface area contributed by atoms with Gasteiger partial charge in [-0.15, -0.1) is 0 Å². The zero-order chi connectivity index (χ0) is 13.1. The number of hydrogen-bond donors (Lipinski definition) is 0. The van der Waals surface area contributed by atoms with Crippen LogP contribution in [0.4, 0.5) is 0 Å². The van der Waals surface area contributed by atoms with Crippen molar-refractivity contribution in [1.29, 1.82) is 0 Å². The molecule has 0 fully saturated rings. The third-order valence-electron chi connectivity index (χ3n) is 2.46. The lowest BCUT2D eigenvalue weighted by Crippen LogP contribution is -2.23. The molecule has 4 heteroatoms. The van der Waals surface area contributed by atoms with Gasteiger partial charge in [0.15, 0.2) is 11.5 Å². The van der Waals surface area contributed by atoms with E-state index in [-0.39, 0.29) is 0 Å². The largest absolute Gasteiger partial charge is 0.493 e. The highest BCUT2D eigenvalue weighted by atomic mass is 28.3. The Morgan fingerprint density at radius 1 is 0.882 bits per heavy atom. The van der Waals surface area contributed by atoms with E-state index in [1.807, 2.05) is 12.1 Å². The topological polar surface area (TPSA) is 27.7 Å². The van der Waals surface area contributed by atoms with Crippen LogP contribution in [0, 0.1) is 0 Å². The van der Waals surface area contributed by atoms with Crippen molar-refractivity contribution in [2.24, 2.45) is 0 Å². The molecule has 96 valence electrons. The fourth-order valence-corrected chi connectivity index (χ4v) is 3.28. The molecule has 0 aromatic heterocycles. The second kappa shape index (κ2) is 5.45. The summed E-state index contributed by atoms with van der Waals surface area (Å²) in [6.45, 7) is 7.03. The summed E-state index contributed by atoms with van der Waals surface area (Å²) in [7, 11) is 3.77. The van der Waals surface area contributed by atoms with E-state index in [4.69, 9.17) is 14.2 Å². The fraction of sp³-hybridized carbons (Fsp3) is 0.538. The molecule has 0 bridgehead atoms. The Morgan fingerprint density at radius 3 is 1.65 bits per heavy atom. The van der Waals surface area contributed by atoms with Crippen LogP contribution in [0.1, 0.15) is 5.56 Å². The van der Waals surface area contributed by atoms with Gasteiger partial charge in [0.25, 0.3) is 0 Å². The average molecular weight is 254 g/mol. The van der Waals surface area contributed by atoms with Crippen LogP contribution in [-0.2, 0) is 6.04 Å². The zero-order valence-corrected chi connectivity index (χ0v) is 12.6. The van der Waals surface area contributed by atoms with Crippen LogP contribution in [0.3, 0.4) is 0 Å². The van der Waals surface area contributed by atoms with Crippen LogP contribution in [-0.4, -0.2) is 29.4 Å². The summed E-state index contributed by atoms with van der Waals surface area (Å²) < 4.78 is 16.0. The Labute approximate surface area is 105 Å². The molecule has 1 aromatic rings. The van der Waals surface area contributed by atoms with Crippen LogP contribution in [0.2, 0.25) is 19.6 Å². The van der Waals surface area contributed by atoms with Crippen LogP contribution in [0.15, 0.2) is 12.1 Å². The maximum atomic E-state index is 5.34. The molecule has 0 unspecified atom stereocenters. The molecule has 0 saturated carbocycles. The molecule has 1 aromatic carbocycles. The van der Waals surface area contributed by atoms with Crippen LogP contribution >= 0.6 is 0 Å². The molecule has 3 nitrogen and oxygen atoms in total. The molecule has 0 amide bonds. The van der Waals surface area contributed by atoms with Crippen molar-refractivity contribution in [3.8, 4) is 17.2 Å². The third kappa shape index (κ3) is 3.66. The lowest BCUT2D eigenvalue weighted by molar-refractivity contribution is 0.324. The number of rotatable bonds is 5. The molecule has 0 aliphatic heterocycles. The van der Waals surface area contributed by atoms with E-state index in [1.54, 1.807) is 21.3 Å². The highest BCUT2D eigenvalue weighted by Gasteiger charge is 2.18. The van der Waals surface area contributed by atoms with Gasteiger partial charge in [-0.25, -0.2) is 0 Å². The van der Waals surface area contributed by atoms with E-state index in [0.29, 0.717) is 5.75 Å². The molecule has 0 N–H and O–H groups in total. The molecule has 0 heterocycles.